The van der Waals surface area contributed by atoms with Crippen molar-refractivity contribution in [1.82, 2.24) is 9.97 Å². The molecule has 6 nitrogen and oxygen atoms in total. The number of nitrogens with two attached hydrogens (primary N) is 2. The van der Waals surface area contributed by atoms with E-state index in [1.54, 1.807) is 18.5 Å². The largest absolute Gasteiger partial charge is 0.397 e. The van der Waals surface area contributed by atoms with Crippen molar-refractivity contribution in [2.75, 3.05) is 5.73 Å². The van der Waals surface area contributed by atoms with Crippen molar-refractivity contribution in [3.63, 3.8) is 0 Å². The Morgan fingerprint density at radius 2 is 1.85 bits per heavy atom. The van der Waals surface area contributed by atoms with Gasteiger partial charge in [-0.2, -0.15) is 0 Å². The van der Waals surface area contributed by atoms with Crippen LogP contribution in [0.15, 0.2) is 42.7 Å². The third-order valence-electron chi connectivity index (χ3n) is 6.06. The fourth-order valence-corrected chi connectivity index (χ4v) is 4.34. The predicted molar refractivity (Wildman–Crippen MR) is 117 cm³/mol. The standard InChI is InChI=1S/C24H23F3N4O2/c25-15-2-1-3-16(26)22(15)23-17(27)10-19(29)24(31-23)21(33)9-13-11-30-7-6-14(13)12-4-5-20(32)18(28)8-12/h1-3,6-7,10-12,18,20,32H,4-5,8-9,28-29H2/t12-,18-,20+/m1/s1. The van der Waals surface area contributed by atoms with Crippen LogP contribution < -0.4 is 11.5 Å². The molecule has 2 heterocycles. The minimum absolute atomic E-state index is 0.0378. The second-order valence-corrected chi connectivity index (χ2v) is 8.27. The minimum Gasteiger partial charge on any atom is -0.397 e. The van der Waals surface area contributed by atoms with E-state index in [4.69, 9.17) is 11.5 Å². The van der Waals surface area contributed by atoms with Crippen LogP contribution in [0.5, 0.6) is 0 Å². The topological polar surface area (TPSA) is 115 Å². The van der Waals surface area contributed by atoms with Crippen LogP contribution in [0.1, 0.15) is 46.8 Å². The monoisotopic (exact) mass is 456 g/mol. The van der Waals surface area contributed by atoms with E-state index in [0.29, 0.717) is 24.8 Å². The van der Waals surface area contributed by atoms with Gasteiger partial charge in [0.2, 0.25) is 0 Å². The number of pyridine rings is 2. The molecule has 3 atom stereocenters. The normalized spacial score (nSPS) is 20.6. The summed E-state index contributed by atoms with van der Waals surface area (Å²) in [5.41, 5.74) is 11.6. The molecule has 1 aliphatic carbocycles. The number of hydrogen-bond donors (Lipinski definition) is 3. The molecule has 3 aromatic rings. The first-order chi connectivity index (χ1) is 15.8. The third kappa shape index (κ3) is 4.60. The van der Waals surface area contributed by atoms with Crippen LogP contribution in [-0.2, 0) is 6.42 Å². The molecule has 172 valence electrons. The molecule has 0 bridgehead atoms. The van der Waals surface area contributed by atoms with E-state index >= 15 is 0 Å². The summed E-state index contributed by atoms with van der Waals surface area (Å²) in [6, 6.07) is 5.38. The van der Waals surface area contributed by atoms with Gasteiger partial charge in [-0.25, -0.2) is 18.2 Å². The lowest BCUT2D eigenvalue weighted by molar-refractivity contribution is 0.0977. The molecule has 1 fully saturated rings. The molecule has 0 spiro atoms. The summed E-state index contributed by atoms with van der Waals surface area (Å²) in [6.45, 7) is 0. The maximum Gasteiger partial charge on any atom is 0.187 e. The van der Waals surface area contributed by atoms with Gasteiger partial charge in [-0.05, 0) is 54.5 Å². The first kappa shape index (κ1) is 22.9. The first-order valence-electron chi connectivity index (χ1n) is 10.6. The third-order valence-corrected chi connectivity index (χ3v) is 6.06. The number of carbonyl (C=O) groups excluding carboxylic acids is 1. The molecular weight excluding hydrogens is 433 g/mol. The van der Waals surface area contributed by atoms with Gasteiger partial charge in [0, 0.05) is 30.9 Å². The van der Waals surface area contributed by atoms with E-state index in [-0.39, 0.29) is 29.8 Å². The lowest BCUT2D eigenvalue weighted by atomic mass is 9.78. The number of aliphatic hydroxyl groups is 1. The fourth-order valence-electron chi connectivity index (χ4n) is 4.34. The van der Waals surface area contributed by atoms with Crippen LogP contribution in [0.25, 0.3) is 11.3 Å². The minimum atomic E-state index is -1.04. The summed E-state index contributed by atoms with van der Waals surface area (Å²) in [5, 5.41) is 9.92. The summed E-state index contributed by atoms with van der Waals surface area (Å²) >= 11 is 0. The average molecular weight is 456 g/mol. The lowest BCUT2D eigenvalue weighted by Gasteiger charge is -2.32. The number of Topliss-reactive ketones (excluding diaryl/α,β-unsaturated/α-hetero) is 1. The Kier molecular flexibility index (Phi) is 6.44. The van der Waals surface area contributed by atoms with Gasteiger partial charge in [-0.15, -0.1) is 0 Å². The molecule has 0 radical (unpaired) electrons. The van der Waals surface area contributed by atoms with Gasteiger partial charge in [-0.1, -0.05) is 6.07 Å². The average Bonchev–Trinajstić information content (AvgIpc) is 2.77. The SMILES string of the molecule is Nc1cc(F)c(-c2c(F)cccc2F)nc1C(=O)Cc1cnccc1[C@@H]1CC[C@H](O)[C@H](N)C1. The molecule has 5 N–H and O–H groups in total. The van der Waals surface area contributed by atoms with Gasteiger partial charge < -0.3 is 16.6 Å². The number of ketones is 1. The van der Waals surface area contributed by atoms with Crippen LogP contribution in [0.4, 0.5) is 18.9 Å². The number of carbonyl (C=O) groups is 1. The van der Waals surface area contributed by atoms with Crippen LogP contribution in [0.2, 0.25) is 0 Å². The van der Waals surface area contributed by atoms with Gasteiger partial charge in [0.15, 0.2) is 11.6 Å². The Hall–Kier alpha value is -3.30. The summed E-state index contributed by atoms with van der Waals surface area (Å²) in [5.74, 6) is -3.55. The van der Waals surface area contributed by atoms with Gasteiger partial charge in [0.1, 0.15) is 23.0 Å². The Morgan fingerprint density at radius 3 is 2.55 bits per heavy atom. The number of halogens is 3. The predicted octanol–water partition coefficient (Wildman–Crippen LogP) is 3.52. The lowest BCUT2D eigenvalue weighted by Crippen LogP contribution is -2.39. The van der Waals surface area contributed by atoms with Crippen LogP contribution >= 0.6 is 0 Å². The molecule has 0 amide bonds. The zero-order valence-corrected chi connectivity index (χ0v) is 17.6. The van der Waals surface area contributed by atoms with E-state index in [1.165, 1.54) is 0 Å². The highest BCUT2D eigenvalue weighted by Crippen LogP contribution is 2.35. The smallest absolute Gasteiger partial charge is 0.187 e. The highest BCUT2D eigenvalue weighted by atomic mass is 19.1. The molecule has 9 heteroatoms. The number of rotatable bonds is 5. The van der Waals surface area contributed by atoms with E-state index in [2.05, 4.69) is 9.97 Å². The molecule has 1 saturated carbocycles. The number of aliphatic hydroxyl groups excluding tert-OH is 1. The molecular formula is C24H23F3N4O2. The highest BCUT2D eigenvalue weighted by molar-refractivity contribution is 6.00. The van der Waals surface area contributed by atoms with Crippen molar-refractivity contribution in [2.24, 2.45) is 5.73 Å². The molecule has 0 aliphatic heterocycles. The molecule has 0 saturated heterocycles. The Morgan fingerprint density at radius 1 is 1.12 bits per heavy atom. The van der Waals surface area contributed by atoms with Gasteiger partial charge in [-0.3, -0.25) is 9.78 Å². The fraction of sp³-hybridized carbons (Fsp3) is 0.292. The van der Waals surface area contributed by atoms with Crippen LogP contribution in [0, 0.1) is 17.5 Å². The van der Waals surface area contributed by atoms with E-state index in [1.807, 2.05) is 0 Å². The number of nitrogens with zero attached hydrogens (tertiary/aromatic N) is 2. The Bertz CT molecular complexity index is 1180. The van der Waals surface area contributed by atoms with E-state index in [9.17, 15) is 23.1 Å². The molecule has 1 aliphatic rings. The number of benzene rings is 1. The molecule has 4 rings (SSSR count). The van der Waals surface area contributed by atoms with Crippen molar-refractivity contribution in [1.29, 1.82) is 0 Å². The molecule has 1 aromatic carbocycles. The van der Waals surface area contributed by atoms with Crippen molar-refractivity contribution >= 4 is 11.5 Å². The Balaban J connectivity index is 1.67. The van der Waals surface area contributed by atoms with Gasteiger partial charge >= 0.3 is 0 Å². The first-order valence-corrected chi connectivity index (χ1v) is 10.6. The van der Waals surface area contributed by atoms with Crippen molar-refractivity contribution in [3.8, 4) is 11.3 Å². The number of anilines is 1. The number of nitrogen functional groups attached to an aromatic ring is 1. The maximum absolute atomic E-state index is 14.5. The zero-order chi connectivity index (χ0) is 23.7. The van der Waals surface area contributed by atoms with E-state index in [0.717, 1.165) is 29.8 Å². The summed E-state index contributed by atoms with van der Waals surface area (Å²) in [4.78, 5) is 21.1. The second-order valence-electron chi connectivity index (χ2n) is 8.27. The molecule has 2 aromatic heterocycles. The quantitative estimate of drug-likeness (QED) is 0.506. The van der Waals surface area contributed by atoms with Gasteiger partial charge in [0.05, 0.1) is 17.4 Å². The van der Waals surface area contributed by atoms with Crippen molar-refractivity contribution < 1.29 is 23.1 Å². The summed E-state index contributed by atoms with van der Waals surface area (Å²) < 4.78 is 42.9. The maximum atomic E-state index is 14.5. The van der Waals surface area contributed by atoms with Crippen molar-refractivity contribution in [2.45, 2.75) is 43.7 Å². The summed E-state index contributed by atoms with van der Waals surface area (Å²) in [7, 11) is 0. The molecule has 33 heavy (non-hydrogen) atoms. The summed E-state index contributed by atoms with van der Waals surface area (Å²) in [6.07, 6.45) is 4.27. The van der Waals surface area contributed by atoms with Crippen LogP contribution in [-0.4, -0.2) is 33.0 Å². The van der Waals surface area contributed by atoms with E-state index < -0.39 is 40.6 Å². The Labute approximate surface area is 188 Å². The zero-order valence-electron chi connectivity index (χ0n) is 17.6. The highest BCUT2D eigenvalue weighted by Gasteiger charge is 2.29. The van der Waals surface area contributed by atoms with Gasteiger partial charge in [0.25, 0.3) is 0 Å². The number of aromatic nitrogens is 2. The van der Waals surface area contributed by atoms with Crippen molar-refractivity contribution in [3.05, 3.63) is 77.0 Å². The second kappa shape index (κ2) is 9.29. The van der Waals surface area contributed by atoms with Crippen LogP contribution in [0.3, 0.4) is 0 Å². The molecule has 0 unspecified atom stereocenters. The number of hydrogen-bond acceptors (Lipinski definition) is 6.